The fourth-order valence-electron chi connectivity index (χ4n) is 5.47. The van der Waals surface area contributed by atoms with Crippen LogP contribution >= 0.6 is 27.4 Å². The topological polar surface area (TPSA) is 300 Å². The lowest BCUT2D eigenvalue weighted by atomic mass is 10.1. The van der Waals surface area contributed by atoms with Crippen molar-refractivity contribution in [1.82, 2.24) is 15.1 Å². The number of hydrogen-bond donors (Lipinski definition) is 6. The lowest BCUT2D eigenvalue weighted by Crippen LogP contribution is -2.52. The highest BCUT2D eigenvalue weighted by Gasteiger charge is 2.56. The van der Waals surface area contributed by atoms with Gasteiger partial charge >= 0.3 is 15.6 Å². The third-order valence-corrected chi connectivity index (χ3v) is 11.0. The quantitative estimate of drug-likeness (QED) is 0.155. The molecule has 2 bridgehead atoms. The van der Waals surface area contributed by atoms with Gasteiger partial charge in [0.1, 0.15) is 47.8 Å². The molecule has 45 heavy (non-hydrogen) atoms. The first-order chi connectivity index (χ1) is 21.3. The van der Waals surface area contributed by atoms with Gasteiger partial charge in [0.05, 0.1) is 37.2 Å². The number of rotatable bonds is 2. The van der Waals surface area contributed by atoms with Crippen LogP contribution in [0.5, 0.6) is 0 Å². The van der Waals surface area contributed by atoms with Crippen LogP contribution in [0.4, 0.5) is 0 Å². The van der Waals surface area contributed by atoms with Gasteiger partial charge in [0.25, 0.3) is 11.8 Å². The number of nitrogens with one attached hydrogen (secondary N) is 2. The summed E-state index contributed by atoms with van der Waals surface area (Å²) in [6.45, 7) is -1.49. The van der Waals surface area contributed by atoms with Gasteiger partial charge < -0.3 is 29.6 Å². The predicted molar refractivity (Wildman–Crippen MR) is 150 cm³/mol. The van der Waals surface area contributed by atoms with E-state index in [1.54, 1.807) is 0 Å². The Morgan fingerprint density at radius 2 is 1.64 bits per heavy atom. The summed E-state index contributed by atoms with van der Waals surface area (Å²) in [4.78, 5) is 67.8. The molecule has 3 fully saturated rings. The van der Waals surface area contributed by atoms with E-state index in [0.29, 0.717) is 0 Å². The number of amidine groups is 2. The second-order valence-corrected chi connectivity index (χ2v) is 14.5. The summed E-state index contributed by atoms with van der Waals surface area (Å²) < 4.78 is 53.1. The molecule has 7 heterocycles. The van der Waals surface area contributed by atoms with Crippen LogP contribution in [0.2, 0.25) is 0 Å². The Morgan fingerprint density at radius 1 is 0.956 bits per heavy atom. The maximum atomic E-state index is 13.2. The number of nitrogens with zero attached hydrogens (tertiary/aromatic N) is 7. The van der Waals surface area contributed by atoms with E-state index in [4.69, 9.17) is 28.2 Å². The van der Waals surface area contributed by atoms with Gasteiger partial charge in [-0.25, -0.2) is 14.1 Å². The largest absolute Gasteiger partial charge is 0.472 e. The maximum Gasteiger partial charge on any atom is 0.472 e. The summed E-state index contributed by atoms with van der Waals surface area (Å²) in [6.07, 6.45) is -6.13. The lowest BCUT2D eigenvalue weighted by Gasteiger charge is -2.31. The monoisotopic (exact) mass is 691 g/mol. The van der Waals surface area contributed by atoms with Crippen LogP contribution in [0.25, 0.3) is 0 Å². The number of aliphatic hydroxyl groups excluding tert-OH is 2. The summed E-state index contributed by atoms with van der Waals surface area (Å²) in [7, 11) is -10.1. The van der Waals surface area contributed by atoms with Gasteiger partial charge in [-0.1, -0.05) is 0 Å². The zero-order valence-corrected chi connectivity index (χ0v) is 24.9. The fourth-order valence-corrected chi connectivity index (χ4v) is 9.06. The molecule has 0 aromatic carbocycles. The molecular formula is C20H23N9O13P2S. The predicted octanol–water partition coefficient (Wildman–Crippen LogP) is -3.25. The molecule has 2 amide bonds. The first-order valence-electron chi connectivity index (χ1n) is 13.1. The van der Waals surface area contributed by atoms with Crippen molar-refractivity contribution < 1.29 is 61.6 Å². The molecule has 0 aromatic rings. The van der Waals surface area contributed by atoms with Gasteiger partial charge in [0.15, 0.2) is 18.3 Å². The molecule has 6 N–H and O–H groups in total. The number of guanidine groups is 1. The van der Waals surface area contributed by atoms with Crippen LogP contribution in [0.1, 0.15) is 0 Å². The number of phosphoric acid groups is 2. The average Bonchev–Trinajstić information content (AvgIpc) is 3.72. The van der Waals surface area contributed by atoms with Crippen molar-refractivity contribution in [2.75, 3.05) is 13.2 Å². The second-order valence-electron chi connectivity index (χ2n) is 10.3. The van der Waals surface area contributed by atoms with E-state index < -0.39 is 106 Å². The Bertz CT molecular complexity index is 1590. The summed E-state index contributed by atoms with van der Waals surface area (Å²) in [6, 6.07) is -2.22. The zero-order chi connectivity index (χ0) is 31.8. The molecule has 12 atom stereocenters. The van der Waals surface area contributed by atoms with Gasteiger partial charge in [0.2, 0.25) is 5.96 Å². The molecule has 7 aliphatic heterocycles. The highest BCUT2D eigenvalue weighted by molar-refractivity contribution is 8.01. The van der Waals surface area contributed by atoms with Gasteiger partial charge in [-0.05, 0) is 0 Å². The van der Waals surface area contributed by atoms with Crippen LogP contribution in [-0.2, 0) is 41.6 Å². The van der Waals surface area contributed by atoms with Crippen LogP contribution in [0, 0.1) is 5.41 Å². The number of thioether (sulfide) groups is 1. The Balaban J connectivity index is 1.15. The standard InChI is InChI=1S/C20H23N9O13P2S/c21-20-26-15-9(17(33)27-20)25-5-29(15)19-13-10(30)7(45-19)2-39-44(36,37)41-12-6(1-38-43(34,35)42-13)40-18(11(12)31)28-4-24-8-14(28)22-3-23-16(8)32/h3-13,18-19,30-31H,1-2H2,(H,34,35)(H,36,37)(H2,21,27,33)/t6-,7-,8?,9?,10-,11-,12-,13-,18-,19-/m1/s1. The Morgan fingerprint density at radius 3 is 2.42 bits per heavy atom. The molecule has 22 nitrogen and oxygen atoms in total. The van der Waals surface area contributed by atoms with E-state index in [-0.39, 0.29) is 11.7 Å². The molecule has 0 saturated carbocycles. The van der Waals surface area contributed by atoms with E-state index in [2.05, 4.69) is 30.3 Å². The molecule has 25 heteroatoms. The van der Waals surface area contributed by atoms with E-state index >= 15 is 0 Å². The van der Waals surface area contributed by atoms with Crippen LogP contribution in [0.15, 0.2) is 25.0 Å². The number of amides is 2. The minimum Gasteiger partial charge on any atom is -0.389 e. The van der Waals surface area contributed by atoms with E-state index in [9.17, 15) is 38.7 Å². The van der Waals surface area contributed by atoms with Crippen molar-refractivity contribution in [1.29, 1.82) is 5.41 Å². The van der Waals surface area contributed by atoms with Crippen LogP contribution < -0.4 is 5.32 Å². The summed E-state index contributed by atoms with van der Waals surface area (Å²) in [5.41, 5.74) is 0. The molecule has 4 unspecified atom stereocenters. The fraction of sp³-hybridized carbons (Fsp3) is 0.600. The van der Waals surface area contributed by atoms with Crippen molar-refractivity contribution in [3.63, 3.8) is 0 Å². The smallest absolute Gasteiger partial charge is 0.389 e. The molecule has 7 rings (SSSR count). The molecule has 0 aromatic heterocycles. The van der Waals surface area contributed by atoms with Crippen molar-refractivity contribution in [2.24, 2.45) is 25.0 Å². The van der Waals surface area contributed by atoms with E-state index in [1.165, 1.54) is 16.1 Å². The van der Waals surface area contributed by atoms with E-state index in [0.717, 1.165) is 24.4 Å². The van der Waals surface area contributed by atoms with Gasteiger partial charge in [0, 0.05) is 0 Å². The number of phosphoric ester groups is 2. The first kappa shape index (κ1) is 30.8. The molecule has 0 spiro atoms. The number of carbonyl (C=O) groups excluding carboxylic acids is 2. The molecular weight excluding hydrogens is 668 g/mol. The minimum atomic E-state index is -5.07. The van der Waals surface area contributed by atoms with E-state index in [1.807, 2.05) is 0 Å². The number of carbonyl (C=O) groups is 2. The van der Waals surface area contributed by atoms with Crippen molar-refractivity contribution in [2.45, 2.75) is 59.5 Å². The SMILES string of the molecule is N=C1N=C2C(N=CN2[C@@H]2S[C@@H]3COP(=O)(O)O[C@H]4[C@@H](O)[C@H](N5C=NC6C(=O)N=CN=C65)O[C@@H]4COP(=O)(O)O[C@@H]2[C@@H]3O)C(=O)N1. The molecule has 3 saturated heterocycles. The number of hydrogen-bond acceptors (Lipinski definition) is 18. The number of fused-ring (bicyclic) bond motifs is 5. The van der Waals surface area contributed by atoms with Crippen molar-refractivity contribution in [3.8, 4) is 0 Å². The third-order valence-electron chi connectivity index (χ3n) is 7.51. The van der Waals surface area contributed by atoms with Gasteiger partial charge in [-0.3, -0.25) is 53.3 Å². The summed E-state index contributed by atoms with van der Waals surface area (Å²) >= 11 is 0.888. The number of aliphatic hydroxyl groups is 2. The van der Waals surface area contributed by atoms with Gasteiger partial charge in [-0.15, -0.1) is 11.8 Å². The summed E-state index contributed by atoms with van der Waals surface area (Å²) in [5.74, 6) is -1.71. The Labute approximate surface area is 255 Å². The molecule has 7 aliphatic rings. The minimum absolute atomic E-state index is 0.0138. The van der Waals surface area contributed by atoms with Gasteiger partial charge in [-0.2, -0.15) is 9.98 Å². The maximum absolute atomic E-state index is 13.2. The normalized spacial score (nSPS) is 46.1. The Hall–Kier alpha value is -2.79. The lowest BCUT2D eigenvalue weighted by molar-refractivity contribution is -0.120. The average molecular weight is 691 g/mol. The summed E-state index contributed by atoms with van der Waals surface area (Å²) in [5, 5.41) is 30.0. The molecule has 242 valence electrons. The third kappa shape index (κ3) is 5.51. The second kappa shape index (κ2) is 11.2. The van der Waals surface area contributed by atoms with Crippen LogP contribution in [-0.4, -0.2) is 151 Å². The van der Waals surface area contributed by atoms with Crippen LogP contribution in [0.3, 0.4) is 0 Å². The van der Waals surface area contributed by atoms with Crippen molar-refractivity contribution >= 4 is 75.9 Å². The molecule has 0 radical (unpaired) electrons. The number of aliphatic imine (C=N–C) groups is 5. The highest BCUT2D eigenvalue weighted by Crippen LogP contribution is 2.54. The first-order valence-corrected chi connectivity index (χ1v) is 17.0. The van der Waals surface area contributed by atoms with Crippen molar-refractivity contribution in [3.05, 3.63) is 0 Å². The molecule has 0 aliphatic carbocycles. The zero-order valence-electron chi connectivity index (χ0n) is 22.3. The highest BCUT2D eigenvalue weighted by atomic mass is 32.2. The number of ether oxygens (including phenoxy) is 1. The Kier molecular flexibility index (Phi) is 7.66.